The van der Waals surface area contributed by atoms with E-state index in [4.69, 9.17) is 4.74 Å². The highest BCUT2D eigenvalue weighted by atomic mass is 32.1. The fraction of sp³-hybridized carbons (Fsp3) is 0.615. The number of aryl methyl sites for hydroxylation is 1. The van der Waals surface area contributed by atoms with Crippen LogP contribution in [0.15, 0.2) is 11.4 Å². The van der Waals surface area contributed by atoms with Crippen LogP contribution >= 0.6 is 11.3 Å². The normalized spacial score (nSPS) is 14.8. The molecule has 6 heteroatoms. The standard InChI is InChI=1S/C13H21NO4S/c1-8-5-10(19-7-8)11(16)9(15)6-14-12(17)18-13(2,3)4/h5,7,9,11,15-16H,6H2,1-4H3,(H,14,17). The monoisotopic (exact) mass is 287 g/mol. The lowest BCUT2D eigenvalue weighted by atomic mass is 10.1. The van der Waals surface area contributed by atoms with Crippen LogP contribution in [0.4, 0.5) is 4.79 Å². The van der Waals surface area contributed by atoms with Gasteiger partial charge in [0.25, 0.3) is 0 Å². The molecule has 2 unspecified atom stereocenters. The minimum absolute atomic E-state index is 0.0625. The summed E-state index contributed by atoms with van der Waals surface area (Å²) in [5.74, 6) is 0. The van der Waals surface area contributed by atoms with E-state index in [-0.39, 0.29) is 6.54 Å². The first-order chi connectivity index (χ1) is 8.69. The Hall–Kier alpha value is -1.11. The van der Waals surface area contributed by atoms with E-state index < -0.39 is 23.9 Å². The van der Waals surface area contributed by atoms with E-state index in [1.165, 1.54) is 11.3 Å². The number of hydrogen-bond acceptors (Lipinski definition) is 5. The van der Waals surface area contributed by atoms with Crippen molar-refractivity contribution in [2.75, 3.05) is 6.54 Å². The zero-order chi connectivity index (χ0) is 14.6. The van der Waals surface area contributed by atoms with Crippen molar-refractivity contribution in [2.24, 2.45) is 0 Å². The maximum Gasteiger partial charge on any atom is 0.407 e. The van der Waals surface area contributed by atoms with Crippen LogP contribution in [0.1, 0.15) is 37.3 Å². The van der Waals surface area contributed by atoms with Crippen LogP contribution in [0.5, 0.6) is 0 Å². The highest BCUT2D eigenvalue weighted by Crippen LogP contribution is 2.24. The van der Waals surface area contributed by atoms with E-state index in [2.05, 4.69) is 5.32 Å². The van der Waals surface area contributed by atoms with E-state index >= 15 is 0 Å². The Morgan fingerprint density at radius 3 is 2.58 bits per heavy atom. The topological polar surface area (TPSA) is 78.8 Å². The summed E-state index contributed by atoms with van der Waals surface area (Å²) < 4.78 is 5.04. The van der Waals surface area contributed by atoms with E-state index in [9.17, 15) is 15.0 Å². The quantitative estimate of drug-likeness (QED) is 0.791. The van der Waals surface area contributed by atoms with E-state index in [1.807, 2.05) is 18.4 Å². The van der Waals surface area contributed by atoms with Gasteiger partial charge in [0.05, 0.1) is 0 Å². The SMILES string of the molecule is Cc1csc(C(O)C(O)CNC(=O)OC(C)(C)C)c1. The molecule has 1 rings (SSSR count). The Labute approximate surface area is 117 Å². The molecule has 0 aliphatic rings. The second-order valence-electron chi connectivity index (χ2n) is 5.42. The number of carbonyl (C=O) groups is 1. The number of ether oxygens (including phenoxy) is 1. The Balaban J connectivity index is 2.43. The second-order valence-corrected chi connectivity index (χ2v) is 6.36. The molecule has 0 aromatic carbocycles. The van der Waals surface area contributed by atoms with Crippen molar-refractivity contribution in [2.45, 2.75) is 45.5 Å². The van der Waals surface area contributed by atoms with Crippen molar-refractivity contribution < 1.29 is 19.7 Å². The summed E-state index contributed by atoms with van der Waals surface area (Å²) >= 11 is 1.38. The molecule has 2 atom stereocenters. The molecule has 0 bridgehead atoms. The predicted molar refractivity (Wildman–Crippen MR) is 74.3 cm³/mol. The molecule has 1 aromatic rings. The smallest absolute Gasteiger partial charge is 0.407 e. The number of amides is 1. The molecule has 19 heavy (non-hydrogen) atoms. The second kappa shape index (κ2) is 6.36. The number of nitrogens with one attached hydrogen (secondary N) is 1. The molecule has 0 saturated heterocycles. The van der Waals surface area contributed by atoms with Crippen LogP contribution in [-0.2, 0) is 4.74 Å². The lowest BCUT2D eigenvalue weighted by Gasteiger charge is -2.21. The number of carbonyl (C=O) groups excluding carboxylic acids is 1. The number of rotatable bonds is 4. The van der Waals surface area contributed by atoms with Crippen molar-refractivity contribution >= 4 is 17.4 Å². The molecule has 0 aliphatic carbocycles. The Morgan fingerprint density at radius 1 is 1.47 bits per heavy atom. The van der Waals surface area contributed by atoms with Crippen molar-refractivity contribution in [1.82, 2.24) is 5.32 Å². The van der Waals surface area contributed by atoms with E-state index in [1.54, 1.807) is 20.8 Å². The van der Waals surface area contributed by atoms with Gasteiger partial charge in [-0.1, -0.05) is 0 Å². The minimum Gasteiger partial charge on any atom is -0.444 e. The van der Waals surface area contributed by atoms with Crippen LogP contribution < -0.4 is 5.32 Å². The third-order valence-electron chi connectivity index (χ3n) is 2.26. The molecule has 0 saturated carbocycles. The van der Waals surface area contributed by atoms with Gasteiger partial charge in [-0.05, 0) is 44.7 Å². The molecule has 0 spiro atoms. The van der Waals surface area contributed by atoms with Gasteiger partial charge in [-0.15, -0.1) is 11.3 Å². The molecule has 3 N–H and O–H groups in total. The zero-order valence-electron chi connectivity index (χ0n) is 11.6. The summed E-state index contributed by atoms with van der Waals surface area (Å²) in [4.78, 5) is 12.1. The molecule has 1 heterocycles. The molecule has 0 radical (unpaired) electrons. The van der Waals surface area contributed by atoms with Crippen molar-refractivity contribution in [3.05, 3.63) is 21.9 Å². The molecule has 1 amide bonds. The first-order valence-corrected chi connectivity index (χ1v) is 6.95. The maximum atomic E-state index is 11.4. The average molecular weight is 287 g/mol. The number of thiophene rings is 1. The average Bonchev–Trinajstić information content (AvgIpc) is 2.69. The first-order valence-electron chi connectivity index (χ1n) is 6.07. The van der Waals surface area contributed by atoms with Crippen LogP contribution in [0, 0.1) is 6.92 Å². The van der Waals surface area contributed by atoms with Gasteiger partial charge in [0.15, 0.2) is 0 Å². The fourth-order valence-electron chi connectivity index (χ4n) is 1.41. The van der Waals surface area contributed by atoms with Gasteiger partial charge < -0.3 is 20.3 Å². The van der Waals surface area contributed by atoms with Gasteiger partial charge in [-0.2, -0.15) is 0 Å². The number of hydrogen-bond donors (Lipinski definition) is 3. The maximum absolute atomic E-state index is 11.4. The summed E-state index contributed by atoms with van der Waals surface area (Å²) in [6, 6.07) is 1.81. The van der Waals surface area contributed by atoms with Gasteiger partial charge in [0.2, 0.25) is 0 Å². The Bertz CT molecular complexity index is 425. The van der Waals surface area contributed by atoms with Gasteiger partial charge in [-0.25, -0.2) is 4.79 Å². The summed E-state index contributed by atoms with van der Waals surface area (Å²) in [6.07, 6.45) is -2.68. The van der Waals surface area contributed by atoms with Gasteiger partial charge >= 0.3 is 6.09 Å². The lowest BCUT2D eigenvalue weighted by Crippen LogP contribution is -2.38. The minimum atomic E-state index is -1.06. The van der Waals surface area contributed by atoms with Crippen LogP contribution in [-0.4, -0.2) is 34.6 Å². The highest BCUT2D eigenvalue weighted by molar-refractivity contribution is 7.10. The molecular formula is C13H21NO4S. The molecular weight excluding hydrogens is 266 g/mol. The summed E-state index contributed by atoms with van der Waals surface area (Å²) in [5, 5.41) is 24.1. The van der Waals surface area contributed by atoms with Crippen molar-refractivity contribution in [3.8, 4) is 0 Å². The molecule has 0 aliphatic heterocycles. The van der Waals surface area contributed by atoms with Crippen LogP contribution in [0.25, 0.3) is 0 Å². The number of aliphatic hydroxyl groups excluding tert-OH is 2. The number of aliphatic hydroxyl groups is 2. The fourth-order valence-corrected chi connectivity index (χ4v) is 2.35. The summed E-state index contributed by atoms with van der Waals surface area (Å²) in [5.41, 5.74) is 0.449. The highest BCUT2D eigenvalue weighted by Gasteiger charge is 2.22. The third-order valence-corrected chi connectivity index (χ3v) is 3.38. The first kappa shape index (κ1) is 15.9. The predicted octanol–water partition coefficient (Wildman–Crippen LogP) is 1.98. The lowest BCUT2D eigenvalue weighted by molar-refractivity contribution is 0.0146. The zero-order valence-corrected chi connectivity index (χ0v) is 12.5. The van der Waals surface area contributed by atoms with Crippen LogP contribution in [0.3, 0.4) is 0 Å². The van der Waals surface area contributed by atoms with Gasteiger partial charge in [0, 0.05) is 11.4 Å². The summed E-state index contributed by atoms with van der Waals surface area (Å²) in [7, 11) is 0. The number of alkyl carbamates (subject to hydrolysis) is 1. The molecule has 0 fully saturated rings. The Morgan fingerprint density at radius 2 is 2.11 bits per heavy atom. The van der Waals surface area contributed by atoms with Gasteiger partial charge in [0.1, 0.15) is 17.8 Å². The van der Waals surface area contributed by atoms with Crippen molar-refractivity contribution in [3.63, 3.8) is 0 Å². The molecule has 5 nitrogen and oxygen atoms in total. The molecule has 108 valence electrons. The van der Waals surface area contributed by atoms with Crippen molar-refractivity contribution in [1.29, 1.82) is 0 Å². The van der Waals surface area contributed by atoms with Crippen LogP contribution in [0.2, 0.25) is 0 Å². The van der Waals surface area contributed by atoms with E-state index in [0.29, 0.717) is 4.88 Å². The Kier molecular flexibility index (Phi) is 5.34. The van der Waals surface area contributed by atoms with Gasteiger partial charge in [-0.3, -0.25) is 0 Å². The molecule has 1 aromatic heterocycles. The van der Waals surface area contributed by atoms with E-state index in [0.717, 1.165) is 5.56 Å². The third kappa shape index (κ3) is 5.59. The summed E-state index contributed by atoms with van der Waals surface area (Å²) in [6.45, 7) is 7.12. The largest absolute Gasteiger partial charge is 0.444 e.